The summed E-state index contributed by atoms with van der Waals surface area (Å²) in [7, 11) is 3.19. The largest absolute Gasteiger partial charge is 0.493 e. The van der Waals surface area contributed by atoms with Crippen molar-refractivity contribution in [2.75, 3.05) is 14.2 Å². The maximum absolute atomic E-state index is 12.4. The highest BCUT2D eigenvalue weighted by atomic mass is 16.5. The Morgan fingerprint density at radius 2 is 1.72 bits per heavy atom. The van der Waals surface area contributed by atoms with E-state index in [1.165, 1.54) is 0 Å². The maximum Gasteiger partial charge on any atom is 0.166 e. The van der Waals surface area contributed by atoms with Crippen LogP contribution in [0.1, 0.15) is 36.2 Å². The molecule has 1 aromatic rings. The molecule has 3 nitrogen and oxygen atoms in total. The smallest absolute Gasteiger partial charge is 0.166 e. The number of carbonyl (C=O) groups is 1. The molecular formula is C15H20O3. The quantitative estimate of drug-likeness (QED) is 0.767. The monoisotopic (exact) mass is 248 g/mol. The van der Waals surface area contributed by atoms with E-state index in [4.69, 9.17) is 9.47 Å². The molecule has 0 amide bonds. The number of aryl methyl sites for hydroxylation is 1. The van der Waals surface area contributed by atoms with Gasteiger partial charge >= 0.3 is 0 Å². The average Bonchev–Trinajstić information content (AvgIpc) is 2.97. The van der Waals surface area contributed by atoms with Crippen molar-refractivity contribution >= 4 is 5.78 Å². The molecule has 1 aromatic carbocycles. The number of rotatable bonds is 4. The minimum atomic E-state index is 0.148. The minimum absolute atomic E-state index is 0.148. The minimum Gasteiger partial charge on any atom is -0.493 e. The molecule has 3 heteroatoms. The van der Waals surface area contributed by atoms with Gasteiger partial charge in [0.25, 0.3) is 0 Å². The SMILES string of the molecule is COc1cc(C)c(C(=O)C2CC2(C)C)cc1OC. The van der Waals surface area contributed by atoms with Crippen LogP contribution in [-0.4, -0.2) is 20.0 Å². The van der Waals surface area contributed by atoms with Gasteiger partial charge in [0, 0.05) is 11.5 Å². The van der Waals surface area contributed by atoms with Crippen molar-refractivity contribution in [2.45, 2.75) is 27.2 Å². The van der Waals surface area contributed by atoms with Gasteiger partial charge in [-0.25, -0.2) is 0 Å². The van der Waals surface area contributed by atoms with Crippen LogP contribution in [0.4, 0.5) is 0 Å². The van der Waals surface area contributed by atoms with Gasteiger partial charge in [-0.05, 0) is 36.5 Å². The third-order valence-electron chi connectivity index (χ3n) is 3.83. The third kappa shape index (κ3) is 2.09. The van der Waals surface area contributed by atoms with E-state index in [-0.39, 0.29) is 17.1 Å². The first-order chi connectivity index (χ1) is 8.40. The van der Waals surface area contributed by atoms with E-state index in [1.807, 2.05) is 13.0 Å². The second kappa shape index (κ2) is 4.30. The lowest BCUT2D eigenvalue weighted by Crippen LogP contribution is -2.09. The van der Waals surface area contributed by atoms with Gasteiger partial charge in [0.1, 0.15) is 0 Å². The second-order valence-corrected chi connectivity index (χ2v) is 5.63. The van der Waals surface area contributed by atoms with Crippen molar-refractivity contribution in [1.82, 2.24) is 0 Å². The lowest BCUT2D eigenvalue weighted by Gasteiger charge is -2.12. The molecule has 1 atom stereocenters. The van der Waals surface area contributed by atoms with Crippen molar-refractivity contribution in [1.29, 1.82) is 0 Å². The van der Waals surface area contributed by atoms with E-state index in [2.05, 4.69) is 13.8 Å². The van der Waals surface area contributed by atoms with Crippen LogP contribution in [0.3, 0.4) is 0 Å². The highest BCUT2D eigenvalue weighted by molar-refractivity contribution is 6.01. The standard InChI is InChI=1S/C15H20O3/c1-9-6-12(17-4)13(18-5)7-10(9)14(16)11-8-15(11,2)3/h6-7,11H,8H2,1-5H3. The Morgan fingerprint density at radius 1 is 1.22 bits per heavy atom. The number of ether oxygens (including phenoxy) is 2. The molecule has 18 heavy (non-hydrogen) atoms. The highest BCUT2D eigenvalue weighted by Gasteiger charge is 2.50. The van der Waals surface area contributed by atoms with Crippen LogP contribution < -0.4 is 9.47 Å². The molecule has 1 fully saturated rings. The lowest BCUT2D eigenvalue weighted by atomic mass is 9.97. The van der Waals surface area contributed by atoms with Crippen molar-refractivity contribution < 1.29 is 14.3 Å². The number of ketones is 1. The summed E-state index contributed by atoms with van der Waals surface area (Å²) in [6.07, 6.45) is 0.972. The summed E-state index contributed by atoms with van der Waals surface area (Å²) >= 11 is 0. The number of hydrogen-bond acceptors (Lipinski definition) is 3. The van der Waals surface area contributed by atoms with Crippen LogP contribution in [-0.2, 0) is 0 Å². The number of carbonyl (C=O) groups excluding carboxylic acids is 1. The van der Waals surface area contributed by atoms with Crippen LogP contribution >= 0.6 is 0 Å². The van der Waals surface area contributed by atoms with E-state index in [0.29, 0.717) is 11.5 Å². The Balaban J connectivity index is 2.37. The summed E-state index contributed by atoms with van der Waals surface area (Å²) < 4.78 is 10.5. The number of Topliss-reactive ketones (excluding diaryl/α,β-unsaturated/α-hetero) is 1. The fourth-order valence-electron chi connectivity index (χ4n) is 2.35. The summed E-state index contributed by atoms with van der Waals surface area (Å²) in [5, 5.41) is 0. The van der Waals surface area contributed by atoms with Gasteiger partial charge in [0.05, 0.1) is 14.2 Å². The fraction of sp³-hybridized carbons (Fsp3) is 0.533. The van der Waals surface area contributed by atoms with Crippen LogP contribution in [0, 0.1) is 18.3 Å². The first-order valence-electron chi connectivity index (χ1n) is 6.17. The molecule has 0 saturated heterocycles. The van der Waals surface area contributed by atoms with E-state index in [9.17, 15) is 4.79 Å². The van der Waals surface area contributed by atoms with Crippen molar-refractivity contribution in [3.8, 4) is 11.5 Å². The van der Waals surface area contributed by atoms with E-state index in [0.717, 1.165) is 17.5 Å². The van der Waals surface area contributed by atoms with Crippen molar-refractivity contribution in [3.05, 3.63) is 23.3 Å². The summed E-state index contributed by atoms with van der Waals surface area (Å²) in [5.41, 5.74) is 1.85. The predicted molar refractivity (Wildman–Crippen MR) is 70.5 cm³/mol. The Kier molecular flexibility index (Phi) is 3.09. The lowest BCUT2D eigenvalue weighted by molar-refractivity contribution is 0.0952. The normalized spacial score (nSPS) is 20.4. The average molecular weight is 248 g/mol. The molecule has 1 aliphatic carbocycles. The molecule has 0 bridgehead atoms. The van der Waals surface area contributed by atoms with Gasteiger partial charge < -0.3 is 9.47 Å². The topological polar surface area (TPSA) is 35.5 Å². The third-order valence-corrected chi connectivity index (χ3v) is 3.83. The zero-order valence-electron chi connectivity index (χ0n) is 11.7. The van der Waals surface area contributed by atoms with Gasteiger partial charge in [-0.3, -0.25) is 4.79 Å². The van der Waals surface area contributed by atoms with Crippen LogP contribution in [0.2, 0.25) is 0 Å². The van der Waals surface area contributed by atoms with E-state index >= 15 is 0 Å². The summed E-state index contributed by atoms with van der Waals surface area (Å²) in [5.74, 6) is 1.65. The van der Waals surface area contributed by atoms with Gasteiger partial charge in [0.2, 0.25) is 0 Å². The summed E-state index contributed by atoms with van der Waals surface area (Å²) in [6, 6.07) is 3.66. The molecule has 0 radical (unpaired) electrons. The summed E-state index contributed by atoms with van der Waals surface area (Å²) in [4.78, 5) is 12.4. The first-order valence-corrected chi connectivity index (χ1v) is 6.17. The molecule has 0 aliphatic heterocycles. The first kappa shape index (κ1) is 12.9. The number of benzene rings is 1. The zero-order chi connectivity index (χ0) is 13.5. The molecule has 0 aromatic heterocycles. The summed E-state index contributed by atoms with van der Waals surface area (Å²) in [6.45, 7) is 6.20. The highest BCUT2D eigenvalue weighted by Crippen LogP contribution is 2.53. The molecule has 1 aliphatic rings. The molecule has 1 unspecified atom stereocenters. The fourth-order valence-corrected chi connectivity index (χ4v) is 2.35. The molecule has 0 spiro atoms. The van der Waals surface area contributed by atoms with Crippen LogP contribution in [0.5, 0.6) is 11.5 Å². The Labute approximate surface area is 108 Å². The van der Waals surface area contributed by atoms with Crippen LogP contribution in [0.15, 0.2) is 12.1 Å². The van der Waals surface area contributed by atoms with Crippen molar-refractivity contribution in [3.63, 3.8) is 0 Å². The van der Waals surface area contributed by atoms with Gasteiger partial charge in [-0.1, -0.05) is 13.8 Å². The zero-order valence-corrected chi connectivity index (χ0v) is 11.7. The second-order valence-electron chi connectivity index (χ2n) is 5.63. The van der Waals surface area contributed by atoms with E-state index in [1.54, 1.807) is 20.3 Å². The molecule has 98 valence electrons. The molecule has 2 rings (SSSR count). The molecule has 0 N–H and O–H groups in total. The maximum atomic E-state index is 12.4. The Morgan fingerprint density at radius 3 is 2.17 bits per heavy atom. The Hall–Kier alpha value is -1.51. The van der Waals surface area contributed by atoms with Gasteiger partial charge in [-0.15, -0.1) is 0 Å². The number of methoxy groups -OCH3 is 2. The van der Waals surface area contributed by atoms with Crippen molar-refractivity contribution in [2.24, 2.45) is 11.3 Å². The molecule has 1 saturated carbocycles. The molecular weight excluding hydrogens is 228 g/mol. The molecule has 0 heterocycles. The number of hydrogen-bond donors (Lipinski definition) is 0. The Bertz CT molecular complexity index is 489. The van der Waals surface area contributed by atoms with Gasteiger partial charge in [-0.2, -0.15) is 0 Å². The van der Waals surface area contributed by atoms with E-state index < -0.39 is 0 Å². The predicted octanol–water partition coefficient (Wildman–Crippen LogP) is 3.24. The van der Waals surface area contributed by atoms with Crippen LogP contribution in [0.25, 0.3) is 0 Å². The van der Waals surface area contributed by atoms with Gasteiger partial charge in [0.15, 0.2) is 17.3 Å².